The van der Waals surface area contributed by atoms with Gasteiger partial charge in [-0.3, -0.25) is 9.59 Å². The van der Waals surface area contributed by atoms with E-state index in [0.717, 1.165) is 63.3 Å². The summed E-state index contributed by atoms with van der Waals surface area (Å²) < 4.78 is 2.00. The summed E-state index contributed by atoms with van der Waals surface area (Å²) in [6, 6.07) is 1.90. The summed E-state index contributed by atoms with van der Waals surface area (Å²) in [6.07, 6.45) is 6.19. The lowest BCUT2D eigenvalue weighted by Crippen LogP contribution is -2.32. The number of nitrogens with one attached hydrogen (secondary N) is 1. The van der Waals surface area contributed by atoms with Crippen molar-refractivity contribution in [3.63, 3.8) is 0 Å². The molecular formula is C20H25N5O2S. The standard InChI is InChI=1S/C20H25N5O2S/c26-18(21-11-14-1-2-14)17-23-22-16-3-5-20(7-9-25(16)17)6-8-24(13-20)19(27)15-4-10-28-12-15/h4,10,12,14H,1-3,5-9,11,13H2,(H,21,26). The molecule has 5 rings (SSSR count). The maximum absolute atomic E-state index is 12.7. The van der Waals surface area contributed by atoms with Gasteiger partial charge in [0.25, 0.3) is 11.8 Å². The van der Waals surface area contributed by atoms with Crippen molar-refractivity contribution in [1.29, 1.82) is 0 Å². The SMILES string of the molecule is O=C(NCC1CC1)c1nnc2n1CCC1(CC2)CCN(C(=O)c2ccsc2)C1. The molecule has 1 saturated carbocycles. The molecule has 8 heteroatoms. The summed E-state index contributed by atoms with van der Waals surface area (Å²) in [7, 11) is 0. The van der Waals surface area contributed by atoms with Crippen LogP contribution in [0.3, 0.4) is 0 Å². The summed E-state index contributed by atoms with van der Waals surface area (Å²) in [6.45, 7) is 3.09. The summed E-state index contributed by atoms with van der Waals surface area (Å²) in [5.41, 5.74) is 0.913. The van der Waals surface area contributed by atoms with Crippen molar-refractivity contribution in [1.82, 2.24) is 25.0 Å². The molecule has 2 aromatic rings. The van der Waals surface area contributed by atoms with Gasteiger partial charge in [-0.25, -0.2) is 0 Å². The number of amides is 2. The lowest BCUT2D eigenvalue weighted by Gasteiger charge is -2.27. The first kappa shape index (κ1) is 17.8. The first-order valence-corrected chi connectivity index (χ1v) is 11.1. The molecule has 2 aromatic heterocycles. The molecule has 1 spiro atoms. The quantitative estimate of drug-likeness (QED) is 0.856. The number of carbonyl (C=O) groups excluding carboxylic acids is 2. The van der Waals surface area contributed by atoms with E-state index in [9.17, 15) is 9.59 Å². The first-order valence-electron chi connectivity index (χ1n) is 10.2. The van der Waals surface area contributed by atoms with Crippen LogP contribution < -0.4 is 5.32 Å². The Morgan fingerprint density at radius 2 is 2.07 bits per heavy atom. The van der Waals surface area contributed by atoms with E-state index in [2.05, 4.69) is 15.5 Å². The number of thiophene rings is 1. The second kappa shape index (κ2) is 6.99. The van der Waals surface area contributed by atoms with Crippen LogP contribution in [-0.4, -0.2) is 51.1 Å². The van der Waals surface area contributed by atoms with Crippen LogP contribution in [0.15, 0.2) is 16.8 Å². The number of likely N-dealkylation sites (tertiary alicyclic amines) is 1. The first-order chi connectivity index (χ1) is 13.6. The van der Waals surface area contributed by atoms with Crippen LogP contribution in [0.25, 0.3) is 0 Å². The molecule has 1 atom stereocenters. The van der Waals surface area contributed by atoms with Gasteiger partial charge >= 0.3 is 0 Å². The van der Waals surface area contributed by atoms with Gasteiger partial charge in [-0.1, -0.05) is 0 Å². The van der Waals surface area contributed by atoms with Crippen molar-refractivity contribution < 1.29 is 9.59 Å². The molecule has 148 valence electrons. The highest BCUT2D eigenvalue weighted by Crippen LogP contribution is 2.41. The molecule has 0 aromatic carbocycles. The van der Waals surface area contributed by atoms with Gasteiger partial charge in [0.1, 0.15) is 5.82 Å². The van der Waals surface area contributed by atoms with Crippen molar-refractivity contribution >= 4 is 23.2 Å². The van der Waals surface area contributed by atoms with Crippen LogP contribution in [0.5, 0.6) is 0 Å². The molecule has 2 fully saturated rings. The van der Waals surface area contributed by atoms with Gasteiger partial charge < -0.3 is 14.8 Å². The van der Waals surface area contributed by atoms with Gasteiger partial charge in [-0.05, 0) is 54.9 Å². The van der Waals surface area contributed by atoms with Crippen LogP contribution in [0.4, 0.5) is 0 Å². The van der Waals surface area contributed by atoms with Crippen molar-refractivity contribution in [2.45, 2.75) is 45.1 Å². The molecule has 28 heavy (non-hydrogen) atoms. The Kier molecular flexibility index (Phi) is 4.45. The van der Waals surface area contributed by atoms with E-state index in [1.165, 1.54) is 12.8 Å². The number of aryl methyl sites for hydroxylation is 1. The fourth-order valence-corrected chi connectivity index (χ4v) is 5.13. The van der Waals surface area contributed by atoms with Gasteiger partial charge in [-0.15, -0.1) is 10.2 Å². The van der Waals surface area contributed by atoms with Gasteiger partial charge in [0.05, 0.1) is 5.56 Å². The number of rotatable bonds is 4. The molecule has 4 heterocycles. The Balaban J connectivity index is 1.26. The molecule has 0 radical (unpaired) electrons. The van der Waals surface area contributed by atoms with E-state index in [-0.39, 0.29) is 17.2 Å². The maximum Gasteiger partial charge on any atom is 0.289 e. The highest BCUT2D eigenvalue weighted by Gasteiger charge is 2.41. The van der Waals surface area contributed by atoms with Crippen LogP contribution in [0.2, 0.25) is 0 Å². The number of aromatic nitrogens is 3. The summed E-state index contributed by atoms with van der Waals surface area (Å²) in [5, 5.41) is 15.3. The predicted molar refractivity (Wildman–Crippen MR) is 105 cm³/mol. The number of fused-ring (bicyclic) bond motifs is 1. The summed E-state index contributed by atoms with van der Waals surface area (Å²) in [4.78, 5) is 27.2. The van der Waals surface area contributed by atoms with E-state index >= 15 is 0 Å². The average Bonchev–Trinajstić information content (AvgIpc) is 3.10. The van der Waals surface area contributed by atoms with Crippen molar-refractivity contribution in [3.05, 3.63) is 34.0 Å². The van der Waals surface area contributed by atoms with Crippen LogP contribution in [-0.2, 0) is 13.0 Å². The molecule has 1 unspecified atom stereocenters. The fourth-order valence-electron chi connectivity index (χ4n) is 4.50. The van der Waals surface area contributed by atoms with Gasteiger partial charge in [0, 0.05) is 38.0 Å². The van der Waals surface area contributed by atoms with E-state index in [0.29, 0.717) is 11.7 Å². The Labute approximate surface area is 168 Å². The third-order valence-electron chi connectivity index (χ3n) is 6.52. The second-order valence-electron chi connectivity index (χ2n) is 8.48. The minimum Gasteiger partial charge on any atom is -0.349 e. The zero-order chi connectivity index (χ0) is 19.1. The summed E-state index contributed by atoms with van der Waals surface area (Å²) >= 11 is 1.56. The Hall–Kier alpha value is -2.22. The number of hydrogen-bond donors (Lipinski definition) is 1. The Bertz CT molecular complexity index is 889. The monoisotopic (exact) mass is 399 g/mol. The fraction of sp³-hybridized carbons (Fsp3) is 0.600. The zero-order valence-electron chi connectivity index (χ0n) is 15.9. The molecule has 1 N–H and O–H groups in total. The smallest absolute Gasteiger partial charge is 0.289 e. The Morgan fingerprint density at radius 1 is 1.21 bits per heavy atom. The maximum atomic E-state index is 12.7. The zero-order valence-corrected chi connectivity index (χ0v) is 16.7. The minimum absolute atomic E-state index is 0.109. The van der Waals surface area contributed by atoms with Gasteiger partial charge in [-0.2, -0.15) is 11.3 Å². The van der Waals surface area contributed by atoms with Crippen LogP contribution >= 0.6 is 11.3 Å². The molecule has 1 aliphatic carbocycles. The topological polar surface area (TPSA) is 80.1 Å². The second-order valence-corrected chi connectivity index (χ2v) is 9.26. The van der Waals surface area contributed by atoms with Crippen LogP contribution in [0, 0.1) is 11.3 Å². The highest BCUT2D eigenvalue weighted by molar-refractivity contribution is 7.08. The Morgan fingerprint density at radius 3 is 2.86 bits per heavy atom. The number of nitrogens with zero attached hydrogens (tertiary/aromatic N) is 4. The lowest BCUT2D eigenvalue weighted by molar-refractivity contribution is 0.0767. The van der Waals surface area contributed by atoms with Crippen molar-refractivity contribution in [3.8, 4) is 0 Å². The molecule has 1 saturated heterocycles. The molecular weight excluding hydrogens is 374 g/mol. The minimum atomic E-state index is -0.109. The molecule has 0 bridgehead atoms. The average molecular weight is 400 g/mol. The number of carbonyl (C=O) groups is 2. The normalized spacial score (nSPS) is 24.2. The lowest BCUT2D eigenvalue weighted by atomic mass is 9.80. The van der Waals surface area contributed by atoms with Crippen molar-refractivity contribution in [2.24, 2.45) is 11.3 Å². The van der Waals surface area contributed by atoms with Gasteiger partial charge in [0.15, 0.2) is 0 Å². The molecule has 3 aliphatic rings. The van der Waals surface area contributed by atoms with E-state index in [1.54, 1.807) is 11.3 Å². The van der Waals surface area contributed by atoms with E-state index in [1.807, 2.05) is 26.3 Å². The van der Waals surface area contributed by atoms with E-state index in [4.69, 9.17) is 0 Å². The molecule has 7 nitrogen and oxygen atoms in total. The number of hydrogen-bond acceptors (Lipinski definition) is 5. The molecule has 2 amide bonds. The third kappa shape index (κ3) is 3.34. The predicted octanol–water partition coefficient (Wildman–Crippen LogP) is 2.35. The van der Waals surface area contributed by atoms with E-state index < -0.39 is 0 Å². The third-order valence-corrected chi connectivity index (χ3v) is 7.20. The largest absolute Gasteiger partial charge is 0.349 e. The summed E-state index contributed by atoms with van der Waals surface area (Å²) in [5.74, 6) is 2.01. The van der Waals surface area contributed by atoms with Gasteiger partial charge in [0.2, 0.25) is 5.82 Å². The van der Waals surface area contributed by atoms with Crippen molar-refractivity contribution in [2.75, 3.05) is 19.6 Å². The highest BCUT2D eigenvalue weighted by atomic mass is 32.1. The molecule has 2 aliphatic heterocycles. The van der Waals surface area contributed by atoms with Crippen LogP contribution in [0.1, 0.15) is 58.9 Å².